The van der Waals surface area contributed by atoms with E-state index in [2.05, 4.69) is 0 Å². The average Bonchev–Trinajstić information content (AvgIpc) is 3.13. The average molecular weight is 218 g/mol. The summed E-state index contributed by atoms with van der Waals surface area (Å²) in [6.45, 7) is 0. The van der Waals surface area contributed by atoms with Gasteiger partial charge in [0.2, 0.25) is 0 Å². The van der Waals surface area contributed by atoms with Gasteiger partial charge in [-0.25, -0.2) is 0 Å². The number of hydrogen-bond acceptors (Lipinski definition) is 2. The highest BCUT2D eigenvalue weighted by Gasteiger charge is 2.55. The van der Waals surface area contributed by atoms with Crippen molar-refractivity contribution in [3.05, 3.63) is 35.4 Å². The summed E-state index contributed by atoms with van der Waals surface area (Å²) < 4.78 is 0. The molecule has 0 aliphatic heterocycles. The maximum absolute atomic E-state index is 11.3. The molecule has 3 heteroatoms. The third-order valence-corrected chi connectivity index (χ3v) is 3.83. The van der Waals surface area contributed by atoms with Gasteiger partial charge in [0.15, 0.2) is 0 Å². The van der Waals surface area contributed by atoms with Crippen LogP contribution in [0.15, 0.2) is 24.3 Å². The third kappa shape index (κ3) is 1.21. The van der Waals surface area contributed by atoms with Gasteiger partial charge in [0.25, 0.3) is 0 Å². The summed E-state index contributed by atoms with van der Waals surface area (Å²) in [6.07, 6.45) is 2.88. The predicted octanol–water partition coefficient (Wildman–Crippen LogP) is 1.78. The number of hydrogen-bond donors (Lipinski definition) is 2. The van der Waals surface area contributed by atoms with E-state index in [0.29, 0.717) is 12.8 Å². The van der Waals surface area contributed by atoms with Crippen LogP contribution in [-0.2, 0) is 15.8 Å². The molecule has 0 amide bonds. The molecule has 0 saturated heterocycles. The van der Waals surface area contributed by atoms with Crippen LogP contribution in [0.1, 0.15) is 36.8 Å². The Hall–Kier alpha value is -1.35. The standard InChI is InChI=1S/C13H14O3/c14-11(15)12(5-6-12)9-3-1-2-4-10(9)13(16)7-8-13/h1-4,16H,5-8H2,(H,14,15). The van der Waals surface area contributed by atoms with Crippen molar-refractivity contribution in [1.82, 2.24) is 0 Å². The largest absolute Gasteiger partial charge is 0.481 e. The molecule has 0 bridgehead atoms. The van der Waals surface area contributed by atoms with Crippen LogP contribution in [0, 0.1) is 0 Å². The molecule has 1 aromatic rings. The third-order valence-electron chi connectivity index (χ3n) is 3.83. The summed E-state index contributed by atoms with van der Waals surface area (Å²) in [6, 6.07) is 7.44. The fourth-order valence-corrected chi connectivity index (χ4v) is 2.42. The molecule has 3 rings (SSSR count). The van der Waals surface area contributed by atoms with Crippen molar-refractivity contribution in [2.24, 2.45) is 0 Å². The molecule has 0 radical (unpaired) electrons. The van der Waals surface area contributed by atoms with Crippen LogP contribution in [0.2, 0.25) is 0 Å². The van der Waals surface area contributed by atoms with Crippen molar-refractivity contribution in [2.75, 3.05) is 0 Å². The number of aliphatic carboxylic acids is 1. The topological polar surface area (TPSA) is 57.5 Å². The Labute approximate surface area is 93.7 Å². The first-order valence-corrected chi connectivity index (χ1v) is 5.64. The second kappa shape index (κ2) is 2.86. The fraction of sp³-hybridized carbons (Fsp3) is 0.462. The molecule has 1 aromatic carbocycles. The zero-order valence-corrected chi connectivity index (χ0v) is 8.94. The van der Waals surface area contributed by atoms with Crippen LogP contribution in [0.3, 0.4) is 0 Å². The molecule has 3 nitrogen and oxygen atoms in total. The molecule has 2 aliphatic carbocycles. The molecule has 0 spiro atoms. The molecule has 2 saturated carbocycles. The number of benzene rings is 1. The minimum absolute atomic E-state index is 0.690. The van der Waals surface area contributed by atoms with Crippen LogP contribution in [0.25, 0.3) is 0 Å². The van der Waals surface area contributed by atoms with E-state index in [1.54, 1.807) is 0 Å². The number of carbonyl (C=O) groups is 1. The molecule has 2 fully saturated rings. The van der Waals surface area contributed by atoms with E-state index in [4.69, 9.17) is 0 Å². The minimum atomic E-state index is -0.760. The van der Waals surface area contributed by atoms with E-state index in [1.807, 2.05) is 24.3 Å². The van der Waals surface area contributed by atoms with E-state index in [-0.39, 0.29) is 0 Å². The van der Waals surface area contributed by atoms with E-state index in [1.165, 1.54) is 0 Å². The van der Waals surface area contributed by atoms with Gasteiger partial charge in [-0.05, 0) is 36.8 Å². The monoisotopic (exact) mass is 218 g/mol. The van der Waals surface area contributed by atoms with E-state index >= 15 is 0 Å². The number of aliphatic hydroxyl groups is 1. The first kappa shape index (κ1) is 9.85. The summed E-state index contributed by atoms with van der Waals surface area (Å²) in [7, 11) is 0. The lowest BCUT2D eigenvalue weighted by molar-refractivity contribution is -0.140. The Morgan fingerprint density at radius 3 is 2.06 bits per heavy atom. The maximum Gasteiger partial charge on any atom is 0.314 e. The van der Waals surface area contributed by atoms with Crippen molar-refractivity contribution in [3.63, 3.8) is 0 Å². The Morgan fingerprint density at radius 2 is 1.62 bits per heavy atom. The van der Waals surface area contributed by atoms with Crippen molar-refractivity contribution in [3.8, 4) is 0 Å². The summed E-state index contributed by atoms with van der Waals surface area (Å²) in [4.78, 5) is 11.3. The molecule has 0 aromatic heterocycles. The van der Waals surface area contributed by atoms with Crippen LogP contribution < -0.4 is 0 Å². The fourth-order valence-electron chi connectivity index (χ4n) is 2.42. The van der Waals surface area contributed by atoms with Gasteiger partial charge in [0, 0.05) is 0 Å². The SMILES string of the molecule is O=C(O)C1(c2ccccc2C2(O)CC2)CC1. The second-order valence-electron chi connectivity index (χ2n) is 4.96. The van der Waals surface area contributed by atoms with Crippen molar-refractivity contribution >= 4 is 5.97 Å². The first-order valence-electron chi connectivity index (χ1n) is 5.64. The van der Waals surface area contributed by atoms with Crippen LogP contribution >= 0.6 is 0 Å². The van der Waals surface area contributed by atoms with Crippen molar-refractivity contribution in [2.45, 2.75) is 36.7 Å². The molecule has 2 N–H and O–H groups in total. The molecule has 0 atom stereocenters. The molecule has 0 heterocycles. The van der Waals surface area contributed by atoms with Gasteiger partial charge >= 0.3 is 5.97 Å². The van der Waals surface area contributed by atoms with Gasteiger partial charge in [-0.3, -0.25) is 4.79 Å². The minimum Gasteiger partial charge on any atom is -0.481 e. The van der Waals surface area contributed by atoms with Gasteiger partial charge in [0.05, 0.1) is 11.0 Å². The molecule has 0 unspecified atom stereocenters. The van der Waals surface area contributed by atoms with Crippen molar-refractivity contribution < 1.29 is 15.0 Å². The normalized spacial score (nSPS) is 23.8. The van der Waals surface area contributed by atoms with E-state index in [9.17, 15) is 15.0 Å². The molecular formula is C13H14O3. The predicted molar refractivity (Wildman–Crippen MR) is 58.1 cm³/mol. The van der Waals surface area contributed by atoms with Gasteiger partial charge in [-0.2, -0.15) is 0 Å². The number of carboxylic acid groups (broad SMARTS) is 1. The van der Waals surface area contributed by atoms with E-state index < -0.39 is 17.0 Å². The first-order chi connectivity index (χ1) is 7.58. The molecule has 2 aliphatic rings. The van der Waals surface area contributed by atoms with Gasteiger partial charge in [-0.15, -0.1) is 0 Å². The van der Waals surface area contributed by atoms with Crippen LogP contribution in [0.5, 0.6) is 0 Å². The van der Waals surface area contributed by atoms with E-state index in [0.717, 1.165) is 24.0 Å². The van der Waals surface area contributed by atoms with Crippen molar-refractivity contribution in [1.29, 1.82) is 0 Å². The molecule has 16 heavy (non-hydrogen) atoms. The number of rotatable bonds is 3. The summed E-state index contributed by atoms with van der Waals surface area (Å²) in [5.41, 5.74) is 0.189. The summed E-state index contributed by atoms with van der Waals surface area (Å²) in [5.74, 6) is -0.760. The van der Waals surface area contributed by atoms with Crippen LogP contribution in [-0.4, -0.2) is 16.2 Å². The molecular weight excluding hydrogens is 204 g/mol. The quantitative estimate of drug-likeness (QED) is 0.813. The van der Waals surface area contributed by atoms with Gasteiger partial charge < -0.3 is 10.2 Å². The summed E-state index contributed by atoms with van der Waals surface area (Å²) >= 11 is 0. The highest BCUT2D eigenvalue weighted by Crippen LogP contribution is 2.55. The Morgan fingerprint density at radius 1 is 1.06 bits per heavy atom. The lowest BCUT2D eigenvalue weighted by Crippen LogP contribution is -2.23. The smallest absolute Gasteiger partial charge is 0.314 e. The molecule has 84 valence electrons. The Bertz CT molecular complexity index is 456. The Balaban J connectivity index is 2.11. The maximum atomic E-state index is 11.3. The lowest BCUT2D eigenvalue weighted by atomic mass is 9.88. The summed E-state index contributed by atoms with van der Waals surface area (Å²) in [5, 5.41) is 19.4. The van der Waals surface area contributed by atoms with Gasteiger partial charge in [0.1, 0.15) is 0 Å². The van der Waals surface area contributed by atoms with Crippen LogP contribution in [0.4, 0.5) is 0 Å². The number of carboxylic acids is 1. The zero-order valence-electron chi connectivity index (χ0n) is 8.94. The second-order valence-corrected chi connectivity index (χ2v) is 4.96. The highest BCUT2D eigenvalue weighted by molar-refractivity contribution is 5.85. The lowest BCUT2D eigenvalue weighted by Gasteiger charge is -2.18. The zero-order chi connectivity index (χ0) is 11.4. The Kier molecular flexibility index (Phi) is 1.76. The highest BCUT2D eigenvalue weighted by atomic mass is 16.4. The van der Waals surface area contributed by atoms with Gasteiger partial charge in [-0.1, -0.05) is 24.3 Å².